The number of nitrogens with zero attached hydrogens (tertiary/aromatic N) is 2. The SMILES string of the molecule is COc1ccc(C(O)=C2C(=O)C(=O)N(c3nccs3)C2c2cccc(OCCC(C)C)c2)cc1. The number of hydrogen-bond donors (Lipinski definition) is 1. The summed E-state index contributed by atoms with van der Waals surface area (Å²) in [7, 11) is 1.55. The Morgan fingerprint density at radius 1 is 1.15 bits per heavy atom. The van der Waals surface area contributed by atoms with Crippen LogP contribution in [0.2, 0.25) is 0 Å². The van der Waals surface area contributed by atoms with Crippen molar-refractivity contribution in [3.05, 3.63) is 76.8 Å². The van der Waals surface area contributed by atoms with E-state index in [0.717, 1.165) is 6.42 Å². The number of aliphatic hydroxyl groups excluding tert-OH is 1. The maximum Gasteiger partial charge on any atom is 0.301 e. The third kappa shape index (κ3) is 4.68. The average Bonchev–Trinajstić information content (AvgIpc) is 3.45. The normalized spacial score (nSPS) is 17.4. The molecule has 1 aromatic heterocycles. The topological polar surface area (TPSA) is 89.0 Å². The van der Waals surface area contributed by atoms with Gasteiger partial charge in [-0.15, -0.1) is 11.3 Å². The fourth-order valence-electron chi connectivity index (χ4n) is 3.77. The summed E-state index contributed by atoms with van der Waals surface area (Å²) >= 11 is 1.25. The van der Waals surface area contributed by atoms with Crippen LogP contribution in [0, 0.1) is 5.92 Å². The first-order valence-electron chi connectivity index (χ1n) is 11.0. The summed E-state index contributed by atoms with van der Waals surface area (Å²) in [5, 5.41) is 13.3. The van der Waals surface area contributed by atoms with Gasteiger partial charge in [0.15, 0.2) is 5.13 Å². The van der Waals surface area contributed by atoms with Crippen molar-refractivity contribution in [1.29, 1.82) is 0 Å². The maximum atomic E-state index is 13.2. The Balaban J connectivity index is 1.80. The summed E-state index contributed by atoms with van der Waals surface area (Å²) in [6.07, 6.45) is 2.48. The smallest absolute Gasteiger partial charge is 0.301 e. The molecule has 0 spiro atoms. The van der Waals surface area contributed by atoms with Crippen molar-refractivity contribution < 1.29 is 24.2 Å². The number of amides is 1. The zero-order valence-electron chi connectivity index (χ0n) is 19.2. The van der Waals surface area contributed by atoms with Gasteiger partial charge in [0.05, 0.1) is 25.3 Å². The quantitative estimate of drug-likeness (QED) is 0.272. The Bertz CT molecular complexity index is 1200. The second kappa shape index (κ2) is 10.1. The molecule has 2 heterocycles. The minimum Gasteiger partial charge on any atom is -0.507 e. The first-order valence-corrected chi connectivity index (χ1v) is 11.9. The molecular formula is C26H26N2O5S. The van der Waals surface area contributed by atoms with Gasteiger partial charge in [-0.2, -0.15) is 0 Å². The third-order valence-corrected chi connectivity index (χ3v) is 6.34. The highest BCUT2D eigenvalue weighted by atomic mass is 32.1. The van der Waals surface area contributed by atoms with Gasteiger partial charge in [0.1, 0.15) is 17.3 Å². The number of rotatable bonds is 8. The molecule has 1 aliphatic heterocycles. The molecule has 1 saturated heterocycles. The predicted octanol–water partition coefficient (Wildman–Crippen LogP) is 5.20. The van der Waals surface area contributed by atoms with Gasteiger partial charge in [-0.05, 0) is 54.3 Å². The molecule has 1 amide bonds. The van der Waals surface area contributed by atoms with Crippen LogP contribution in [0.5, 0.6) is 11.5 Å². The predicted molar refractivity (Wildman–Crippen MR) is 131 cm³/mol. The summed E-state index contributed by atoms with van der Waals surface area (Å²) < 4.78 is 11.1. The van der Waals surface area contributed by atoms with E-state index in [-0.39, 0.29) is 11.3 Å². The van der Waals surface area contributed by atoms with Crippen molar-refractivity contribution in [2.75, 3.05) is 18.6 Å². The van der Waals surface area contributed by atoms with Crippen molar-refractivity contribution >= 4 is 33.9 Å². The molecule has 0 aliphatic carbocycles. The highest BCUT2D eigenvalue weighted by molar-refractivity contribution is 7.14. The molecule has 0 bridgehead atoms. The molecule has 1 N–H and O–H groups in total. The van der Waals surface area contributed by atoms with E-state index >= 15 is 0 Å². The first-order chi connectivity index (χ1) is 16.4. The van der Waals surface area contributed by atoms with Gasteiger partial charge in [-0.3, -0.25) is 14.5 Å². The molecule has 1 fully saturated rings. The Hall–Kier alpha value is -3.65. The van der Waals surface area contributed by atoms with Crippen LogP contribution < -0.4 is 14.4 Å². The molecule has 0 radical (unpaired) electrons. The largest absolute Gasteiger partial charge is 0.507 e. The summed E-state index contributed by atoms with van der Waals surface area (Å²) in [5.74, 6) is -0.00323. The molecular weight excluding hydrogens is 452 g/mol. The molecule has 3 aromatic rings. The lowest BCUT2D eigenvalue weighted by atomic mass is 9.95. The van der Waals surface area contributed by atoms with Crippen molar-refractivity contribution in [2.45, 2.75) is 26.3 Å². The molecule has 7 nitrogen and oxygen atoms in total. The zero-order chi connectivity index (χ0) is 24.2. The van der Waals surface area contributed by atoms with Gasteiger partial charge in [-0.1, -0.05) is 26.0 Å². The molecule has 1 unspecified atom stereocenters. The highest BCUT2D eigenvalue weighted by Gasteiger charge is 2.48. The Kier molecular flexibility index (Phi) is 6.98. The van der Waals surface area contributed by atoms with E-state index < -0.39 is 17.7 Å². The Morgan fingerprint density at radius 2 is 1.91 bits per heavy atom. The van der Waals surface area contributed by atoms with Crippen LogP contribution in [-0.2, 0) is 9.59 Å². The molecule has 0 saturated carbocycles. The number of ketones is 1. The molecule has 8 heteroatoms. The van der Waals surface area contributed by atoms with E-state index in [2.05, 4.69) is 18.8 Å². The fraction of sp³-hybridized carbons (Fsp3) is 0.269. The van der Waals surface area contributed by atoms with Crippen LogP contribution in [-0.4, -0.2) is 35.5 Å². The van der Waals surface area contributed by atoms with Gasteiger partial charge in [-0.25, -0.2) is 4.98 Å². The van der Waals surface area contributed by atoms with E-state index in [4.69, 9.17) is 9.47 Å². The molecule has 4 rings (SSSR count). The van der Waals surface area contributed by atoms with Crippen molar-refractivity contribution in [3.8, 4) is 11.5 Å². The van der Waals surface area contributed by atoms with E-state index in [9.17, 15) is 14.7 Å². The summed E-state index contributed by atoms with van der Waals surface area (Å²) in [5.41, 5.74) is 1.06. The molecule has 176 valence electrons. The van der Waals surface area contributed by atoms with Crippen LogP contribution in [0.25, 0.3) is 5.76 Å². The van der Waals surface area contributed by atoms with Crippen LogP contribution >= 0.6 is 11.3 Å². The van der Waals surface area contributed by atoms with Gasteiger partial charge in [0.25, 0.3) is 5.78 Å². The van der Waals surface area contributed by atoms with E-state index in [1.165, 1.54) is 16.2 Å². The van der Waals surface area contributed by atoms with Crippen LogP contribution in [0.4, 0.5) is 5.13 Å². The number of carbonyl (C=O) groups excluding carboxylic acids is 2. The molecule has 1 atom stereocenters. The average molecular weight is 479 g/mol. The van der Waals surface area contributed by atoms with Crippen LogP contribution in [0.1, 0.15) is 37.4 Å². The summed E-state index contributed by atoms with van der Waals surface area (Å²) in [6, 6.07) is 13.1. The lowest BCUT2D eigenvalue weighted by Gasteiger charge is -2.23. The minimum atomic E-state index is -0.845. The van der Waals surface area contributed by atoms with E-state index in [1.807, 2.05) is 18.2 Å². The molecule has 1 aliphatic rings. The minimum absolute atomic E-state index is 0.00435. The van der Waals surface area contributed by atoms with Gasteiger partial charge in [0, 0.05) is 17.1 Å². The Labute approximate surface area is 202 Å². The van der Waals surface area contributed by atoms with Gasteiger partial charge < -0.3 is 14.6 Å². The second-order valence-electron chi connectivity index (χ2n) is 8.32. The van der Waals surface area contributed by atoms with Gasteiger partial charge >= 0.3 is 5.91 Å². The standard InChI is InChI=1S/C26H26N2O5S/c1-16(2)11-13-33-20-6-4-5-18(15-20)22-21(23(29)17-7-9-19(32-3)10-8-17)24(30)25(31)28(22)26-27-12-14-34-26/h4-10,12,14-16,22,29H,11,13H2,1-3H3. The second-order valence-corrected chi connectivity index (χ2v) is 9.19. The third-order valence-electron chi connectivity index (χ3n) is 5.57. The zero-order valence-corrected chi connectivity index (χ0v) is 20.0. The van der Waals surface area contributed by atoms with E-state index in [1.54, 1.807) is 49.0 Å². The van der Waals surface area contributed by atoms with Crippen molar-refractivity contribution in [2.24, 2.45) is 5.92 Å². The van der Waals surface area contributed by atoms with Crippen LogP contribution in [0.3, 0.4) is 0 Å². The first kappa shape index (κ1) is 23.5. The number of aliphatic hydroxyl groups is 1. The number of carbonyl (C=O) groups is 2. The number of methoxy groups -OCH3 is 1. The number of anilines is 1. The van der Waals surface area contributed by atoms with E-state index in [0.29, 0.717) is 40.3 Å². The molecule has 2 aromatic carbocycles. The fourth-order valence-corrected chi connectivity index (χ4v) is 4.44. The summed E-state index contributed by atoms with van der Waals surface area (Å²) in [6.45, 7) is 4.81. The number of hydrogen-bond acceptors (Lipinski definition) is 7. The number of aromatic nitrogens is 1. The lowest BCUT2D eigenvalue weighted by molar-refractivity contribution is -0.132. The van der Waals surface area contributed by atoms with Gasteiger partial charge in [0.2, 0.25) is 0 Å². The lowest BCUT2D eigenvalue weighted by Crippen LogP contribution is -2.29. The summed E-state index contributed by atoms with van der Waals surface area (Å²) in [4.78, 5) is 31.9. The number of benzene rings is 2. The number of Topliss-reactive ketones (excluding diaryl/α,β-unsaturated/α-hetero) is 1. The highest BCUT2D eigenvalue weighted by Crippen LogP contribution is 2.43. The van der Waals surface area contributed by atoms with Crippen LogP contribution in [0.15, 0.2) is 65.7 Å². The monoisotopic (exact) mass is 478 g/mol. The number of ether oxygens (including phenoxy) is 2. The Morgan fingerprint density at radius 3 is 2.56 bits per heavy atom. The number of thiazole rings is 1. The maximum absolute atomic E-state index is 13.2. The van der Waals surface area contributed by atoms with Crippen molar-refractivity contribution in [1.82, 2.24) is 4.98 Å². The van der Waals surface area contributed by atoms with Crippen molar-refractivity contribution in [3.63, 3.8) is 0 Å². The molecule has 34 heavy (non-hydrogen) atoms.